The number of hydrogen-bond acceptors (Lipinski definition) is 2. The van der Waals surface area contributed by atoms with Crippen LogP contribution in [0.15, 0.2) is 6.20 Å². The van der Waals surface area contributed by atoms with Gasteiger partial charge in [-0.2, -0.15) is 17.6 Å². The van der Waals surface area contributed by atoms with Crippen LogP contribution < -0.4 is 0 Å². The molecule has 0 atom stereocenters. The Labute approximate surface area is 96.1 Å². The minimum atomic E-state index is -5.29. The fourth-order valence-corrected chi connectivity index (χ4v) is 1.36. The minimum Gasteiger partial charge on any atom is -0.481 e. The molecule has 0 bridgehead atoms. The maximum absolute atomic E-state index is 13.1. The van der Waals surface area contributed by atoms with E-state index in [2.05, 4.69) is 4.98 Å². The molecule has 0 amide bonds. The normalized spacial score (nSPS) is 11.9. The highest BCUT2D eigenvalue weighted by molar-refractivity contribution is 5.71. The van der Waals surface area contributed by atoms with Gasteiger partial charge in [-0.05, 0) is 0 Å². The van der Waals surface area contributed by atoms with Gasteiger partial charge in [-0.25, -0.2) is 13.8 Å². The number of alkyl halides is 5. The molecule has 0 aliphatic rings. The Hall–Kier alpha value is -1.80. The van der Waals surface area contributed by atoms with Crippen LogP contribution in [0.5, 0.6) is 0 Å². The third-order valence-electron chi connectivity index (χ3n) is 2.00. The van der Waals surface area contributed by atoms with E-state index < -0.39 is 47.6 Å². The lowest BCUT2D eigenvalue weighted by atomic mass is 10.0. The van der Waals surface area contributed by atoms with Crippen LogP contribution in [0.4, 0.5) is 26.3 Å². The number of hydrogen-bond donors (Lipinski definition) is 1. The van der Waals surface area contributed by atoms with Crippen molar-refractivity contribution in [1.82, 2.24) is 4.98 Å². The molecular formula is C9H5F6NO2. The second-order valence-electron chi connectivity index (χ2n) is 3.23. The van der Waals surface area contributed by atoms with Crippen LogP contribution >= 0.6 is 0 Å². The van der Waals surface area contributed by atoms with E-state index in [1.54, 1.807) is 0 Å². The van der Waals surface area contributed by atoms with Crippen LogP contribution in [0.25, 0.3) is 0 Å². The Morgan fingerprint density at radius 1 is 1.39 bits per heavy atom. The molecule has 0 unspecified atom stereocenters. The summed E-state index contributed by atoms with van der Waals surface area (Å²) in [4.78, 5) is 13.0. The summed E-state index contributed by atoms with van der Waals surface area (Å²) < 4.78 is 75.6. The van der Waals surface area contributed by atoms with Crippen molar-refractivity contribution in [3.05, 3.63) is 28.8 Å². The molecule has 0 aliphatic heterocycles. The summed E-state index contributed by atoms with van der Waals surface area (Å²) in [5.41, 5.74) is -4.92. The van der Waals surface area contributed by atoms with Crippen LogP contribution in [-0.4, -0.2) is 16.1 Å². The van der Waals surface area contributed by atoms with Gasteiger partial charge >= 0.3 is 12.1 Å². The number of aliphatic carboxylic acids is 1. The quantitative estimate of drug-likeness (QED) is 0.680. The summed E-state index contributed by atoms with van der Waals surface area (Å²) in [6.07, 6.45) is -10.2. The summed E-state index contributed by atoms with van der Waals surface area (Å²) in [5.74, 6) is -3.51. The van der Waals surface area contributed by atoms with Gasteiger partial charge in [0, 0.05) is 17.3 Å². The molecule has 1 N–H and O–H groups in total. The molecule has 0 aliphatic carbocycles. The van der Waals surface area contributed by atoms with E-state index in [1.165, 1.54) is 0 Å². The molecule has 0 spiro atoms. The van der Waals surface area contributed by atoms with Gasteiger partial charge in [-0.3, -0.25) is 4.79 Å². The van der Waals surface area contributed by atoms with E-state index in [9.17, 15) is 31.1 Å². The highest BCUT2D eigenvalue weighted by Crippen LogP contribution is 2.39. The fourth-order valence-electron chi connectivity index (χ4n) is 1.36. The van der Waals surface area contributed by atoms with Crippen molar-refractivity contribution >= 4 is 5.97 Å². The molecular weight excluding hydrogens is 268 g/mol. The average Bonchev–Trinajstić information content (AvgIpc) is 2.17. The van der Waals surface area contributed by atoms with E-state index >= 15 is 0 Å². The molecule has 100 valence electrons. The lowest BCUT2D eigenvalue weighted by Crippen LogP contribution is -2.18. The molecule has 0 fully saturated rings. The monoisotopic (exact) mass is 273 g/mol. The van der Waals surface area contributed by atoms with E-state index in [4.69, 9.17) is 5.11 Å². The average molecular weight is 273 g/mol. The maximum atomic E-state index is 13.1. The zero-order valence-electron chi connectivity index (χ0n) is 8.43. The van der Waals surface area contributed by atoms with Gasteiger partial charge in [0.1, 0.15) is 0 Å². The lowest BCUT2D eigenvalue weighted by Gasteiger charge is -2.16. The summed E-state index contributed by atoms with van der Waals surface area (Å²) in [7, 11) is 0. The molecule has 0 aromatic carbocycles. The van der Waals surface area contributed by atoms with Crippen molar-refractivity contribution in [2.45, 2.75) is 19.0 Å². The highest BCUT2D eigenvalue weighted by atomic mass is 19.4. The third-order valence-corrected chi connectivity index (χ3v) is 2.00. The second-order valence-corrected chi connectivity index (χ2v) is 3.23. The zero-order valence-corrected chi connectivity index (χ0v) is 8.43. The number of carbonyl (C=O) groups is 1. The number of carboxylic acid groups (broad SMARTS) is 1. The van der Waals surface area contributed by atoms with Crippen LogP contribution in [-0.2, 0) is 17.4 Å². The molecule has 9 heteroatoms. The molecule has 1 rings (SSSR count). The minimum absolute atomic E-state index is 0.0498. The Morgan fingerprint density at radius 3 is 2.33 bits per heavy atom. The van der Waals surface area contributed by atoms with E-state index in [0.717, 1.165) is 0 Å². The van der Waals surface area contributed by atoms with Crippen molar-refractivity contribution < 1.29 is 36.2 Å². The highest BCUT2D eigenvalue weighted by Gasteiger charge is 2.40. The molecule has 18 heavy (non-hydrogen) atoms. The molecule has 0 radical (unpaired) electrons. The van der Waals surface area contributed by atoms with E-state index in [-0.39, 0.29) is 6.20 Å². The predicted molar refractivity (Wildman–Crippen MR) is 45.5 cm³/mol. The molecule has 1 aromatic rings. The van der Waals surface area contributed by atoms with Gasteiger partial charge in [0.2, 0.25) is 5.95 Å². The molecule has 1 heterocycles. The van der Waals surface area contributed by atoms with Crippen molar-refractivity contribution in [2.24, 2.45) is 0 Å². The second kappa shape index (κ2) is 4.83. The predicted octanol–water partition coefficient (Wildman–Crippen LogP) is 2.80. The first kappa shape index (κ1) is 14.3. The standard InChI is InChI=1S/C9H5F6NO2/c10-7(11)4-2-16-8(12)3(1-5(17)18)6(4)9(13,14)15/h2,7H,1H2,(H,17,18). The van der Waals surface area contributed by atoms with Crippen molar-refractivity contribution in [1.29, 1.82) is 0 Å². The van der Waals surface area contributed by atoms with Gasteiger partial charge in [-0.15, -0.1) is 0 Å². The summed E-state index contributed by atoms with van der Waals surface area (Å²) in [6.45, 7) is 0. The summed E-state index contributed by atoms with van der Waals surface area (Å²) >= 11 is 0. The number of rotatable bonds is 3. The SMILES string of the molecule is O=C(O)Cc1c(F)ncc(C(F)F)c1C(F)(F)F. The Balaban J connectivity index is 3.55. The number of nitrogens with zero attached hydrogens (tertiary/aromatic N) is 1. The van der Waals surface area contributed by atoms with Crippen molar-refractivity contribution in [3.63, 3.8) is 0 Å². The van der Waals surface area contributed by atoms with Gasteiger partial charge in [-0.1, -0.05) is 0 Å². The van der Waals surface area contributed by atoms with E-state index in [1.807, 2.05) is 0 Å². The number of halogens is 6. The van der Waals surface area contributed by atoms with E-state index in [0.29, 0.717) is 0 Å². The Morgan fingerprint density at radius 2 is 1.94 bits per heavy atom. The number of pyridine rings is 1. The first-order chi connectivity index (χ1) is 8.14. The Kier molecular flexibility index (Phi) is 3.82. The van der Waals surface area contributed by atoms with Gasteiger partial charge < -0.3 is 5.11 Å². The van der Waals surface area contributed by atoms with Crippen LogP contribution in [0, 0.1) is 5.95 Å². The van der Waals surface area contributed by atoms with Crippen LogP contribution in [0.2, 0.25) is 0 Å². The zero-order chi connectivity index (χ0) is 14.1. The number of carboxylic acids is 1. The smallest absolute Gasteiger partial charge is 0.417 e. The van der Waals surface area contributed by atoms with Gasteiger partial charge in [0.15, 0.2) is 0 Å². The molecule has 0 saturated heterocycles. The van der Waals surface area contributed by atoms with Gasteiger partial charge in [0.05, 0.1) is 12.0 Å². The fraction of sp³-hybridized carbons (Fsp3) is 0.333. The molecule has 0 saturated carbocycles. The number of aromatic nitrogens is 1. The first-order valence-corrected chi connectivity index (χ1v) is 4.39. The van der Waals surface area contributed by atoms with Gasteiger partial charge in [0.25, 0.3) is 6.43 Å². The Bertz CT molecular complexity index is 471. The summed E-state index contributed by atoms with van der Waals surface area (Å²) in [5, 5.41) is 8.36. The molecule has 1 aromatic heterocycles. The summed E-state index contributed by atoms with van der Waals surface area (Å²) in [6, 6.07) is 0. The third kappa shape index (κ3) is 2.90. The van der Waals surface area contributed by atoms with Crippen LogP contribution in [0.1, 0.15) is 23.1 Å². The molecule has 3 nitrogen and oxygen atoms in total. The topological polar surface area (TPSA) is 50.2 Å². The maximum Gasteiger partial charge on any atom is 0.417 e. The largest absolute Gasteiger partial charge is 0.481 e. The lowest BCUT2D eigenvalue weighted by molar-refractivity contribution is -0.141. The van der Waals surface area contributed by atoms with Crippen molar-refractivity contribution in [2.75, 3.05) is 0 Å². The van der Waals surface area contributed by atoms with Crippen molar-refractivity contribution in [3.8, 4) is 0 Å². The first-order valence-electron chi connectivity index (χ1n) is 4.39. The van der Waals surface area contributed by atoms with Crippen LogP contribution in [0.3, 0.4) is 0 Å².